The number of esters is 1. The highest BCUT2D eigenvalue weighted by Gasteiger charge is 2.05. The van der Waals surface area contributed by atoms with Crippen molar-refractivity contribution < 1.29 is 9.53 Å². The molecule has 0 aliphatic rings. The van der Waals surface area contributed by atoms with Crippen molar-refractivity contribution in [2.75, 3.05) is 6.61 Å². The zero-order chi connectivity index (χ0) is 12.3. The minimum atomic E-state index is -0.276. The fraction of sp³-hybridized carbons (Fsp3) is 0.214. The van der Waals surface area contributed by atoms with E-state index >= 15 is 0 Å². The number of hydrogen-bond donors (Lipinski definition) is 0. The van der Waals surface area contributed by atoms with Crippen molar-refractivity contribution in [2.24, 2.45) is 0 Å². The van der Waals surface area contributed by atoms with Gasteiger partial charge in [-0.1, -0.05) is 18.2 Å². The molecule has 1 aromatic heterocycles. The van der Waals surface area contributed by atoms with Gasteiger partial charge in [0.1, 0.15) is 0 Å². The summed E-state index contributed by atoms with van der Waals surface area (Å²) in [5.74, 6) is -0.276. The fourth-order valence-electron chi connectivity index (χ4n) is 1.61. The molecule has 17 heavy (non-hydrogen) atoms. The van der Waals surface area contributed by atoms with Gasteiger partial charge >= 0.3 is 5.97 Å². The Hall–Kier alpha value is -1.61. The molecule has 2 rings (SSSR count). The van der Waals surface area contributed by atoms with Gasteiger partial charge in [0.15, 0.2) is 0 Å². The number of carbonyl (C=O) groups excluding carboxylic acids is 1. The number of ether oxygens (including phenoxy) is 1. The fourth-order valence-corrected chi connectivity index (χ4v) is 2.64. The van der Waals surface area contributed by atoms with Crippen LogP contribution in [-0.2, 0) is 9.53 Å². The van der Waals surface area contributed by atoms with Crippen molar-refractivity contribution in [3.8, 4) is 0 Å². The van der Waals surface area contributed by atoms with Gasteiger partial charge in [-0.05, 0) is 36.9 Å². The Kier molecular flexibility index (Phi) is 3.59. The third-order valence-corrected chi connectivity index (χ3v) is 3.69. The summed E-state index contributed by atoms with van der Waals surface area (Å²) >= 11 is 1.69. The Balaban J connectivity index is 2.30. The van der Waals surface area contributed by atoms with E-state index in [0.717, 1.165) is 10.5 Å². The summed E-state index contributed by atoms with van der Waals surface area (Å²) in [7, 11) is 0. The van der Waals surface area contributed by atoms with E-state index < -0.39 is 0 Å². The molecule has 0 aliphatic heterocycles. The van der Waals surface area contributed by atoms with Gasteiger partial charge in [0.2, 0.25) is 0 Å². The Morgan fingerprint density at radius 2 is 2.18 bits per heavy atom. The highest BCUT2D eigenvalue weighted by Crippen LogP contribution is 2.30. The number of allylic oxidation sites excluding steroid dienone is 1. The van der Waals surface area contributed by atoms with E-state index in [-0.39, 0.29) is 5.97 Å². The van der Waals surface area contributed by atoms with Gasteiger partial charge in [0.25, 0.3) is 0 Å². The van der Waals surface area contributed by atoms with Crippen LogP contribution in [0.1, 0.15) is 18.7 Å². The van der Waals surface area contributed by atoms with Crippen LogP contribution in [0.5, 0.6) is 0 Å². The van der Waals surface area contributed by atoms with Crippen LogP contribution in [0.4, 0.5) is 0 Å². The van der Waals surface area contributed by atoms with E-state index in [1.165, 1.54) is 10.1 Å². The Labute approximate surface area is 105 Å². The topological polar surface area (TPSA) is 26.3 Å². The molecule has 3 heteroatoms. The average molecular weight is 246 g/mol. The lowest BCUT2D eigenvalue weighted by Gasteiger charge is -1.98. The molecule has 1 heterocycles. The van der Waals surface area contributed by atoms with E-state index in [1.807, 2.05) is 19.1 Å². The standard InChI is InChI=1S/C14H14O2S/c1-3-16-14(15)8-10(2)13-9-11-6-4-5-7-12(11)17-13/h4-9H,3H2,1-2H3/b10-8-. The van der Waals surface area contributed by atoms with E-state index in [2.05, 4.69) is 18.2 Å². The monoisotopic (exact) mass is 246 g/mol. The van der Waals surface area contributed by atoms with Crippen molar-refractivity contribution in [1.82, 2.24) is 0 Å². The second-order valence-electron chi connectivity index (χ2n) is 3.73. The number of fused-ring (bicyclic) bond motifs is 1. The quantitative estimate of drug-likeness (QED) is 0.607. The van der Waals surface area contributed by atoms with Crippen molar-refractivity contribution >= 4 is 33.0 Å². The first kappa shape index (κ1) is 11.9. The van der Waals surface area contributed by atoms with Crippen molar-refractivity contribution in [3.05, 3.63) is 41.3 Å². The van der Waals surface area contributed by atoms with Gasteiger partial charge in [0, 0.05) is 15.7 Å². The van der Waals surface area contributed by atoms with Crippen molar-refractivity contribution in [2.45, 2.75) is 13.8 Å². The molecule has 0 unspecified atom stereocenters. The maximum Gasteiger partial charge on any atom is 0.331 e. The van der Waals surface area contributed by atoms with Crippen molar-refractivity contribution in [3.63, 3.8) is 0 Å². The van der Waals surface area contributed by atoms with Gasteiger partial charge < -0.3 is 4.74 Å². The molecule has 0 bridgehead atoms. The normalized spacial score (nSPS) is 11.8. The molecule has 0 spiro atoms. The average Bonchev–Trinajstić information content (AvgIpc) is 2.72. The third-order valence-electron chi connectivity index (χ3n) is 2.44. The number of hydrogen-bond acceptors (Lipinski definition) is 3. The van der Waals surface area contributed by atoms with Crippen LogP contribution < -0.4 is 0 Å². The van der Waals surface area contributed by atoms with E-state index in [1.54, 1.807) is 24.3 Å². The van der Waals surface area contributed by atoms with Crippen molar-refractivity contribution in [1.29, 1.82) is 0 Å². The molecule has 0 amide bonds. The van der Waals surface area contributed by atoms with E-state index in [4.69, 9.17) is 4.74 Å². The van der Waals surface area contributed by atoms with E-state index in [0.29, 0.717) is 6.61 Å². The Bertz CT molecular complexity index is 533. The molecule has 0 saturated heterocycles. The molecule has 1 aromatic carbocycles. The predicted octanol–water partition coefficient (Wildman–Crippen LogP) is 3.87. The van der Waals surface area contributed by atoms with Crippen LogP contribution in [-0.4, -0.2) is 12.6 Å². The van der Waals surface area contributed by atoms with Gasteiger partial charge in [0.05, 0.1) is 6.61 Å². The summed E-state index contributed by atoms with van der Waals surface area (Å²) in [6.07, 6.45) is 1.55. The molecule has 0 radical (unpaired) electrons. The zero-order valence-electron chi connectivity index (χ0n) is 9.90. The predicted molar refractivity (Wildman–Crippen MR) is 72.1 cm³/mol. The van der Waals surface area contributed by atoms with Crippen LogP contribution in [0, 0.1) is 0 Å². The Morgan fingerprint density at radius 1 is 1.41 bits per heavy atom. The first-order valence-corrected chi connectivity index (χ1v) is 6.36. The SMILES string of the molecule is CCOC(=O)/C=C(/C)c1cc2ccccc2s1. The largest absolute Gasteiger partial charge is 0.463 e. The summed E-state index contributed by atoms with van der Waals surface area (Å²) in [5, 5.41) is 1.21. The smallest absolute Gasteiger partial charge is 0.331 e. The summed E-state index contributed by atoms with van der Waals surface area (Å²) < 4.78 is 6.13. The van der Waals surface area contributed by atoms with Crippen LogP contribution >= 0.6 is 11.3 Å². The molecular formula is C14H14O2S. The molecule has 88 valence electrons. The lowest BCUT2D eigenvalue weighted by molar-refractivity contribution is -0.137. The Morgan fingerprint density at radius 3 is 2.88 bits per heavy atom. The molecule has 2 nitrogen and oxygen atoms in total. The van der Waals surface area contributed by atoms with Gasteiger partial charge in [-0.2, -0.15) is 0 Å². The molecule has 2 aromatic rings. The van der Waals surface area contributed by atoms with E-state index in [9.17, 15) is 4.79 Å². The van der Waals surface area contributed by atoms with Crippen LogP contribution in [0.2, 0.25) is 0 Å². The maximum atomic E-state index is 11.3. The highest BCUT2D eigenvalue weighted by atomic mass is 32.1. The minimum Gasteiger partial charge on any atom is -0.463 e. The maximum absolute atomic E-state index is 11.3. The van der Waals surface area contributed by atoms with Gasteiger partial charge in [-0.15, -0.1) is 11.3 Å². The van der Waals surface area contributed by atoms with Gasteiger partial charge in [-0.25, -0.2) is 4.79 Å². The summed E-state index contributed by atoms with van der Waals surface area (Å²) in [6, 6.07) is 10.3. The number of thiophene rings is 1. The lowest BCUT2D eigenvalue weighted by Crippen LogP contribution is -1.99. The summed E-state index contributed by atoms with van der Waals surface area (Å²) in [5.41, 5.74) is 0.949. The first-order valence-electron chi connectivity index (χ1n) is 5.54. The highest BCUT2D eigenvalue weighted by molar-refractivity contribution is 7.20. The molecule has 0 fully saturated rings. The molecule has 0 aliphatic carbocycles. The van der Waals surface area contributed by atoms with Crippen LogP contribution in [0.3, 0.4) is 0 Å². The third kappa shape index (κ3) is 2.74. The lowest BCUT2D eigenvalue weighted by atomic mass is 10.2. The minimum absolute atomic E-state index is 0.276. The number of benzene rings is 1. The number of rotatable bonds is 3. The van der Waals surface area contributed by atoms with Crippen LogP contribution in [0.15, 0.2) is 36.4 Å². The van der Waals surface area contributed by atoms with Gasteiger partial charge in [-0.3, -0.25) is 0 Å². The first-order chi connectivity index (χ1) is 8.20. The molecular weight excluding hydrogens is 232 g/mol. The number of carbonyl (C=O) groups is 1. The van der Waals surface area contributed by atoms with Crippen LogP contribution in [0.25, 0.3) is 15.7 Å². The molecule has 0 saturated carbocycles. The second-order valence-corrected chi connectivity index (χ2v) is 4.81. The summed E-state index contributed by atoms with van der Waals surface area (Å²) in [6.45, 7) is 4.15. The molecule has 0 N–H and O–H groups in total. The molecule has 0 atom stereocenters. The second kappa shape index (κ2) is 5.15. The summed E-state index contributed by atoms with van der Waals surface area (Å²) in [4.78, 5) is 12.5. The zero-order valence-corrected chi connectivity index (χ0v) is 10.7.